The molecule has 1 spiro atoms. The van der Waals surface area contributed by atoms with Gasteiger partial charge in [-0.3, -0.25) is 14.5 Å². The van der Waals surface area contributed by atoms with Gasteiger partial charge in [0.15, 0.2) is 0 Å². The van der Waals surface area contributed by atoms with E-state index >= 15 is 0 Å². The van der Waals surface area contributed by atoms with Crippen LogP contribution in [0.2, 0.25) is 5.15 Å². The molecule has 1 aromatic carbocycles. The van der Waals surface area contributed by atoms with Crippen molar-refractivity contribution >= 4 is 29.1 Å². The van der Waals surface area contributed by atoms with Crippen molar-refractivity contribution in [2.75, 3.05) is 31.6 Å². The van der Waals surface area contributed by atoms with Crippen LogP contribution in [0, 0.1) is 0 Å². The Morgan fingerprint density at radius 3 is 2.73 bits per heavy atom. The van der Waals surface area contributed by atoms with Gasteiger partial charge >= 0.3 is 0 Å². The Morgan fingerprint density at radius 2 is 1.94 bits per heavy atom. The maximum Gasteiger partial charge on any atom is 0.245 e. The van der Waals surface area contributed by atoms with E-state index in [1.807, 2.05) is 35.2 Å². The highest BCUT2D eigenvalue weighted by Crippen LogP contribution is 2.37. The van der Waals surface area contributed by atoms with Crippen LogP contribution in [0.5, 0.6) is 5.75 Å². The van der Waals surface area contributed by atoms with Gasteiger partial charge in [-0.1, -0.05) is 29.8 Å². The molecule has 2 aromatic rings. The van der Waals surface area contributed by atoms with Gasteiger partial charge in [-0.05, 0) is 62.4 Å². The summed E-state index contributed by atoms with van der Waals surface area (Å²) in [6.07, 6.45) is 5.95. The largest absolute Gasteiger partial charge is 0.490 e. The summed E-state index contributed by atoms with van der Waals surface area (Å²) in [6, 6.07) is 11.2. The highest BCUT2D eigenvalue weighted by molar-refractivity contribution is 6.29. The first-order chi connectivity index (χ1) is 16.0. The van der Waals surface area contributed by atoms with E-state index in [-0.39, 0.29) is 11.8 Å². The van der Waals surface area contributed by atoms with Crippen molar-refractivity contribution < 1.29 is 14.3 Å². The summed E-state index contributed by atoms with van der Waals surface area (Å²) in [5.74, 6) is 0.666. The molecular formula is C25H31ClN4O3. The lowest BCUT2D eigenvalue weighted by atomic mass is 9.87. The predicted octanol–water partition coefficient (Wildman–Crippen LogP) is 4.12. The lowest BCUT2D eigenvalue weighted by Gasteiger charge is -2.37. The number of rotatable bonds is 2. The molecule has 3 heterocycles. The molecule has 0 aliphatic carbocycles. The standard InChI is InChI=1S/C25H31ClN4O3/c1-19(31)29-13-5-4-11-25(12-6-14-30(25)18-20-9-10-23(26)27-17-20)24(32)28-21-7-2-3-8-22(21)33-16-15-29/h2-3,7-10,17H,4-6,11-16,18H2,1H3,(H,28,32)/t25-/m1/s1. The lowest BCUT2D eigenvalue weighted by molar-refractivity contribution is -0.130. The number of nitrogens with zero attached hydrogens (tertiary/aromatic N) is 3. The Hall–Kier alpha value is -2.64. The van der Waals surface area contributed by atoms with E-state index in [9.17, 15) is 9.59 Å². The minimum atomic E-state index is -0.623. The zero-order valence-corrected chi connectivity index (χ0v) is 19.8. The molecule has 1 aromatic heterocycles. The van der Waals surface area contributed by atoms with Crippen molar-refractivity contribution in [1.82, 2.24) is 14.8 Å². The second kappa shape index (κ2) is 10.5. The maximum absolute atomic E-state index is 13.8. The number of benzene rings is 1. The van der Waals surface area contributed by atoms with Crippen LogP contribution in [0.25, 0.3) is 0 Å². The lowest BCUT2D eigenvalue weighted by Crippen LogP contribution is -2.52. The Labute approximate surface area is 200 Å². The average molecular weight is 471 g/mol. The number of carbonyl (C=O) groups is 2. The normalized spacial score (nSPS) is 22.5. The summed E-state index contributed by atoms with van der Waals surface area (Å²) in [5.41, 5.74) is 1.07. The van der Waals surface area contributed by atoms with Crippen LogP contribution in [0.3, 0.4) is 0 Å². The van der Waals surface area contributed by atoms with Gasteiger partial charge < -0.3 is 15.0 Å². The second-order valence-corrected chi connectivity index (χ2v) is 9.20. The molecule has 176 valence electrons. The zero-order valence-electron chi connectivity index (χ0n) is 19.1. The molecule has 8 heteroatoms. The van der Waals surface area contributed by atoms with Crippen molar-refractivity contribution in [2.24, 2.45) is 0 Å². The van der Waals surface area contributed by atoms with E-state index < -0.39 is 5.54 Å². The summed E-state index contributed by atoms with van der Waals surface area (Å²) in [4.78, 5) is 34.2. The topological polar surface area (TPSA) is 74.8 Å². The third-order valence-electron chi connectivity index (χ3n) is 6.68. The number of amides is 2. The quantitative estimate of drug-likeness (QED) is 0.668. The number of ether oxygens (including phenoxy) is 1. The monoisotopic (exact) mass is 470 g/mol. The molecule has 1 fully saturated rings. The molecule has 2 aliphatic rings. The smallest absolute Gasteiger partial charge is 0.245 e. The van der Waals surface area contributed by atoms with Crippen LogP contribution < -0.4 is 10.1 Å². The van der Waals surface area contributed by atoms with E-state index in [1.165, 1.54) is 0 Å². The summed E-state index contributed by atoms with van der Waals surface area (Å²) in [6.45, 7) is 4.64. The number of anilines is 1. The number of para-hydroxylation sites is 2. The van der Waals surface area contributed by atoms with Gasteiger partial charge in [0, 0.05) is 26.2 Å². The minimum Gasteiger partial charge on any atom is -0.490 e. The Bertz CT molecular complexity index is 984. The fourth-order valence-corrected chi connectivity index (χ4v) is 5.00. The van der Waals surface area contributed by atoms with Gasteiger partial charge in [0.05, 0.1) is 12.2 Å². The van der Waals surface area contributed by atoms with Crippen LogP contribution >= 0.6 is 11.6 Å². The molecule has 33 heavy (non-hydrogen) atoms. The summed E-state index contributed by atoms with van der Waals surface area (Å²) in [5, 5.41) is 3.63. The van der Waals surface area contributed by atoms with Crippen molar-refractivity contribution in [3.8, 4) is 5.75 Å². The number of hydrogen-bond acceptors (Lipinski definition) is 5. The Morgan fingerprint density at radius 1 is 1.12 bits per heavy atom. The summed E-state index contributed by atoms with van der Waals surface area (Å²) >= 11 is 5.96. The summed E-state index contributed by atoms with van der Waals surface area (Å²) in [7, 11) is 0. The highest BCUT2D eigenvalue weighted by Gasteiger charge is 2.46. The molecular weight excluding hydrogens is 440 g/mol. The molecule has 0 radical (unpaired) electrons. The van der Waals surface area contributed by atoms with Gasteiger partial charge in [-0.2, -0.15) is 0 Å². The Balaban J connectivity index is 1.62. The first-order valence-electron chi connectivity index (χ1n) is 11.6. The third-order valence-corrected chi connectivity index (χ3v) is 6.90. The van der Waals surface area contributed by atoms with Crippen molar-refractivity contribution in [1.29, 1.82) is 0 Å². The number of halogens is 1. The second-order valence-electron chi connectivity index (χ2n) is 8.81. The first-order valence-corrected chi connectivity index (χ1v) is 12.0. The van der Waals surface area contributed by atoms with Gasteiger partial charge in [0.1, 0.15) is 23.0 Å². The molecule has 1 saturated heterocycles. The number of fused-ring (bicyclic) bond motifs is 1. The van der Waals surface area contributed by atoms with E-state index in [1.54, 1.807) is 19.2 Å². The third kappa shape index (κ3) is 5.47. The number of carbonyl (C=O) groups excluding carboxylic acids is 2. The number of hydrogen-bond donors (Lipinski definition) is 1. The van der Waals surface area contributed by atoms with Crippen molar-refractivity contribution in [3.63, 3.8) is 0 Å². The molecule has 7 nitrogen and oxygen atoms in total. The van der Waals surface area contributed by atoms with Crippen molar-refractivity contribution in [3.05, 3.63) is 53.3 Å². The molecule has 1 atom stereocenters. The number of aromatic nitrogens is 1. The van der Waals surface area contributed by atoms with E-state index in [0.717, 1.165) is 44.2 Å². The van der Waals surface area contributed by atoms with Gasteiger partial charge in [0.2, 0.25) is 11.8 Å². The molecule has 2 aliphatic heterocycles. The van der Waals surface area contributed by atoms with E-state index in [2.05, 4.69) is 15.2 Å². The van der Waals surface area contributed by atoms with E-state index in [4.69, 9.17) is 16.3 Å². The molecule has 0 saturated carbocycles. The zero-order chi connectivity index (χ0) is 23.3. The Kier molecular flexibility index (Phi) is 7.50. The van der Waals surface area contributed by atoms with Crippen molar-refractivity contribution in [2.45, 2.75) is 51.1 Å². The average Bonchev–Trinajstić information content (AvgIpc) is 3.21. The maximum atomic E-state index is 13.8. The van der Waals surface area contributed by atoms with Gasteiger partial charge in [-0.15, -0.1) is 0 Å². The first kappa shape index (κ1) is 23.5. The number of pyridine rings is 1. The fraction of sp³-hybridized carbons (Fsp3) is 0.480. The fourth-order valence-electron chi connectivity index (χ4n) is 4.89. The SMILES string of the molecule is CC(=O)N1CCCC[C@@]2(CCCN2Cc2ccc(Cl)nc2)C(=O)Nc2ccccc2OCC1. The van der Waals surface area contributed by atoms with Crippen LogP contribution in [0.15, 0.2) is 42.6 Å². The summed E-state index contributed by atoms with van der Waals surface area (Å²) < 4.78 is 5.97. The molecule has 1 N–H and O–H groups in total. The van der Waals surface area contributed by atoms with Crippen LogP contribution in [-0.2, 0) is 16.1 Å². The minimum absolute atomic E-state index is 0.000596. The van der Waals surface area contributed by atoms with E-state index in [0.29, 0.717) is 42.8 Å². The number of nitrogens with one attached hydrogen (secondary N) is 1. The predicted molar refractivity (Wildman–Crippen MR) is 128 cm³/mol. The van der Waals surface area contributed by atoms with Crippen LogP contribution in [0.1, 0.15) is 44.6 Å². The molecule has 0 unspecified atom stereocenters. The highest BCUT2D eigenvalue weighted by atomic mass is 35.5. The molecule has 2 amide bonds. The molecule has 0 bridgehead atoms. The van der Waals surface area contributed by atoms with Crippen LogP contribution in [0.4, 0.5) is 5.69 Å². The van der Waals surface area contributed by atoms with Crippen LogP contribution in [-0.4, -0.2) is 58.4 Å². The van der Waals surface area contributed by atoms with Gasteiger partial charge in [-0.25, -0.2) is 4.98 Å². The van der Waals surface area contributed by atoms with Gasteiger partial charge in [0.25, 0.3) is 0 Å². The molecule has 4 rings (SSSR count). The number of likely N-dealkylation sites (tertiary alicyclic amines) is 1.